The zero-order valence-corrected chi connectivity index (χ0v) is 21.2. The third-order valence-electron chi connectivity index (χ3n) is 6.84. The summed E-state index contributed by atoms with van der Waals surface area (Å²) in [6, 6.07) is 11.6. The number of rotatable bonds is 6. The third kappa shape index (κ3) is 4.97. The first kappa shape index (κ1) is 24.3. The predicted molar refractivity (Wildman–Crippen MR) is 142 cm³/mol. The summed E-state index contributed by atoms with van der Waals surface area (Å²) in [7, 11) is 1.63. The molecule has 5 rings (SSSR count). The molecule has 2 amide bonds. The summed E-state index contributed by atoms with van der Waals surface area (Å²) in [4.78, 5) is 44.0. The Labute approximate surface area is 215 Å². The standard InChI is InChI=1S/C28H29N7O2/c1-17(21-5-4-6-22-23(28(37)29-3)7-9-30-27(21)22)13-32-26-12-25(33-16-34-26)19-11-20-15-35(18(2)36)10-8-24(20)31-14-19/h4-7,9,11-12,14,16-17H,8,10,13,15H2,1-3H3,(H,29,37)(H,32,33,34)/t17-/m1/s1. The van der Waals surface area contributed by atoms with Gasteiger partial charge in [-0.1, -0.05) is 25.1 Å². The monoisotopic (exact) mass is 495 g/mol. The Hall–Kier alpha value is -4.40. The number of carbonyl (C=O) groups excluding carboxylic acids is 2. The van der Waals surface area contributed by atoms with Crippen molar-refractivity contribution < 1.29 is 9.59 Å². The summed E-state index contributed by atoms with van der Waals surface area (Å²) in [6.45, 7) is 5.61. The normalized spacial score (nSPS) is 13.6. The molecule has 0 spiro atoms. The first-order valence-electron chi connectivity index (χ1n) is 12.3. The van der Waals surface area contributed by atoms with Gasteiger partial charge in [0, 0.05) is 81.0 Å². The van der Waals surface area contributed by atoms with E-state index in [0.717, 1.165) is 45.4 Å². The van der Waals surface area contributed by atoms with E-state index >= 15 is 0 Å². The molecule has 0 radical (unpaired) electrons. The molecule has 9 heteroatoms. The number of carbonyl (C=O) groups is 2. The van der Waals surface area contributed by atoms with E-state index in [4.69, 9.17) is 0 Å². The second-order valence-electron chi connectivity index (χ2n) is 9.27. The van der Waals surface area contributed by atoms with E-state index < -0.39 is 0 Å². The minimum Gasteiger partial charge on any atom is -0.369 e. The molecule has 3 aromatic heterocycles. The highest BCUT2D eigenvalue weighted by Gasteiger charge is 2.20. The van der Waals surface area contributed by atoms with Crippen molar-refractivity contribution in [2.45, 2.75) is 32.7 Å². The molecule has 1 aliphatic heterocycles. The number of nitrogens with one attached hydrogen (secondary N) is 2. The lowest BCUT2D eigenvalue weighted by Crippen LogP contribution is -2.34. The van der Waals surface area contributed by atoms with Gasteiger partial charge in [-0.05, 0) is 23.3 Å². The van der Waals surface area contributed by atoms with E-state index in [2.05, 4.69) is 43.6 Å². The molecule has 0 unspecified atom stereocenters. The predicted octanol–water partition coefficient (Wildman–Crippen LogP) is 3.57. The molecule has 0 fully saturated rings. The molecule has 37 heavy (non-hydrogen) atoms. The summed E-state index contributed by atoms with van der Waals surface area (Å²) in [6.07, 6.45) is 5.81. The van der Waals surface area contributed by atoms with Gasteiger partial charge in [0.2, 0.25) is 5.91 Å². The zero-order chi connectivity index (χ0) is 25.9. The van der Waals surface area contributed by atoms with E-state index in [-0.39, 0.29) is 17.7 Å². The molecule has 2 N–H and O–H groups in total. The maximum Gasteiger partial charge on any atom is 0.251 e. The van der Waals surface area contributed by atoms with E-state index in [1.807, 2.05) is 35.4 Å². The molecule has 0 aliphatic carbocycles. The second-order valence-corrected chi connectivity index (χ2v) is 9.27. The Morgan fingerprint density at radius 3 is 2.78 bits per heavy atom. The summed E-state index contributed by atoms with van der Waals surface area (Å²) < 4.78 is 0. The lowest BCUT2D eigenvalue weighted by molar-refractivity contribution is -0.129. The fourth-order valence-electron chi connectivity index (χ4n) is 4.74. The number of nitrogens with zero attached hydrogens (tertiary/aromatic N) is 5. The van der Waals surface area contributed by atoms with Crippen molar-refractivity contribution in [3.05, 3.63) is 77.5 Å². The molecule has 0 saturated heterocycles. The molecule has 1 aliphatic rings. The SMILES string of the molecule is CNC(=O)c1ccnc2c([C@H](C)CNc3cc(-c4cnc5c(c4)CN(C(C)=O)CC5)ncn3)cccc12. The van der Waals surface area contributed by atoms with Crippen molar-refractivity contribution >= 4 is 28.5 Å². The lowest BCUT2D eigenvalue weighted by atomic mass is 9.96. The largest absolute Gasteiger partial charge is 0.369 e. The Kier molecular flexibility index (Phi) is 6.76. The third-order valence-corrected chi connectivity index (χ3v) is 6.84. The Morgan fingerprint density at radius 2 is 1.97 bits per heavy atom. The second kappa shape index (κ2) is 10.3. The van der Waals surface area contributed by atoms with Gasteiger partial charge in [0.1, 0.15) is 12.1 Å². The summed E-state index contributed by atoms with van der Waals surface area (Å²) >= 11 is 0. The van der Waals surface area contributed by atoms with Crippen molar-refractivity contribution in [3.8, 4) is 11.3 Å². The summed E-state index contributed by atoms with van der Waals surface area (Å²) in [5, 5.41) is 6.95. The zero-order valence-electron chi connectivity index (χ0n) is 21.2. The van der Waals surface area contributed by atoms with Crippen molar-refractivity contribution in [2.24, 2.45) is 0 Å². The molecule has 0 saturated carbocycles. The van der Waals surface area contributed by atoms with Gasteiger partial charge in [-0.25, -0.2) is 9.97 Å². The molecule has 4 aromatic rings. The van der Waals surface area contributed by atoms with Crippen LogP contribution >= 0.6 is 0 Å². The van der Waals surface area contributed by atoms with Crippen LogP contribution in [-0.4, -0.2) is 56.8 Å². The molecular formula is C28H29N7O2. The van der Waals surface area contributed by atoms with Crippen LogP contribution in [0, 0.1) is 0 Å². The first-order chi connectivity index (χ1) is 17.9. The average Bonchev–Trinajstić information content (AvgIpc) is 2.94. The number of aromatic nitrogens is 4. The molecule has 4 heterocycles. The number of fused-ring (bicyclic) bond motifs is 2. The number of para-hydroxylation sites is 1. The minimum absolute atomic E-state index is 0.0740. The van der Waals surface area contributed by atoms with Crippen molar-refractivity contribution in [1.29, 1.82) is 0 Å². The van der Waals surface area contributed by atoms with E-state index in [1.165, 1.54) is 0 Å². The van der Waals surface area contributed by atoms with E-state index in [0.29, 0.717) is 31.0 Å². The molecule has 0 bridgehead atoms. The van der Waals surface area contributed by atoms with Gasteiger partial charge in [-0.15, -0.1) is 0 Å². The molecule has 9 nitrogen and oxygen atoms in total. The van der Waals surface area contributed by atoms with Gasteiger partial charge in [0.25, 0.3) is 5.91 Å². The number of pyridine rings is 2. The van der Waals surface area contributed by atoms with Crippen LogP contribution in [0.25, 0.3) is 22.2 Å². The Balaban J connectivity index is 1.34. The van der Waals surface area contributed by atoms with Gasteiger partial charge in [-0.3, -0.25) is 19.6 Å². The van der Waals surface area contributed by atoms with Crippen LogP contribution in [-0.2, 0) is 17.8 Å². The highest BCUT2D eigenvalue weighted by molar-refractivity contribution is 6.06. The smallest absolute Gasteiger partial charge is 0.251 e. The van der Waals surface area contributed by atoms with Crippen molar-refractivity contribution in [2.75, 3.05) is 25.5 Å². The van der Waals surface area contributed by atoms with Crippen LogP contribution in [0.3, 0.4) is 0 Å². The highest BCUT2D eigenvalue weighted by atomic mass is 16.2. The number of hydrogen-bond acceptors (Lipinski definition) is 7. The van der Waals surface area contributed by atoms with Crippen LogP contribution in [0.5, 0.6) is 0 Å². The molecule has 188 valence electrons. The van der Waals surface area contributed by atoms with Crippen LogP contribution in [0.1, 0.15) is 46.9 Å². The van der Waals surface area contributed by atoms with Crippen LogP contribution < -0.4 is 10.6 Å². The molecule has 1 atom stereocenters. The lowest BCUT2D eigenvalue weighted by Gasteiger charge is -2.27. The maximum absolute atomic E-state index is 12.3. The van der Waals surface area contributed by atoms with Gasteiger partial charge in [0.05, 0.1) is 16.8 Å². The van der Waals surface area contributed by atoms with Crippen molar-refractivity contribution in [1.82, 2.24) is 30.2 Å². The van der Waals surface area contributed by atoms with Gasteiger partial charge >= 0.3 is 0 Å². The Morgan fingerprint density at radius 1 is 1.11 bits per heavy atom. The molecule has 1 aromatic carbocycles. The van der Waals surface area contributed by atoms with Crippen molar-refractivity contribution in [3.63, 3.8) is 0 Å². The Bertz CT molecular complexity index is 1490. The van der Waals surface area contributed by atoms with E-state index in [1.54, 1.807) is 32.6 Å². The maximum atomic E-state index is 12.3. The quantitative estimate of drug-likeness (QED) is 0.420. The number of benzene rings is 1. The molecular weight excluding hydrogens is 466 g/mol. The first-order valence-corrected chi connectivity index (χ1v) is 12.3. The average molecular weight is 496 g/mol. The topological polar surface area (TPSA) is 113 Å². The number of amides is 2. The summed E-state index contributed by atoms with van der Waals surface area (Å²) in [5.41, 5.74) is 6.23. The van der Waals surface area contributed by atoms with E-state index in [9.17, 15) is 9.59 Å². The highest BCUT2D eigenvalue weighted by Crippen LogP contribution is 2.28. The summed E-state index contributed by atoms with van der Waals surface area (Å²) in [5.74, 6) is 0.760. The number of hydrogen-bond donors (Lipinski definition) is 2. The van der Waals surface area contributed by atoms with Crippen LogP contribution in [0.2, 0.25) is 0 Å². The minimum atomic E-state index is -0.130. The van der Waals surface area contributed by atoms with Gasteiger partial charge in [0.15, 0.2) is 0 Å². The van der Waals surface area contributed by atoms with Crippen LogP contribution in [0.4, 0.5) is 5.82 Å². The van der Waals surface area contributed by atoms with Gasteiger partial charge in [-0.2, -0.15) is 0 Å². The van der Waals surface area contributed by atoms with Crippen LogP contribution in [0.15, 0.2) is 55.1 Å². The van der Waals surface area contributed by atoms with Gasteiger partial charge < -0.3 is 15.5 Å². The number of anilines is 1. The fraction of sp³-hybridized carbons (Fsp3) is 0.286. The fourth-order valence-corrected chi connectivity index (χ4v) is 4.74.